The summed E-state index contributed by atoms with van der Waals surface area (Å²) in [5, 5.41) is 0. The molecule has 2 saturated heterocycles. The minimum absolute atomic E-state index is 0.222. The highest BCUT2D eigenvalue weighted by molar-refractivity contribution is 5.70. The second-order valence-electron chi connectivity index (χ2n) is 7.86. The molecule has 160 valence electrons. The molecule has 1 spiro atoms. The summed E-state index contributed by atoms with van der Waals surface area (Å²) in [6.45, 7) is 3.26. The molecule has 1 amide bonds. The maximum atomic E-state index is 12.4. The maximum Gasteiger partial charge on any atom is 0.573 e. The lowest BCUT2D eigenvalue weighted by atomic mass is 9.91. The van der Waals surface area contributed by atoms with Crippen LogP contribution in [-0.2, 0) is 17.8 Å². The predicted molar refractivity (Wildman–Crippen MR) is 104 cm³/mol. The Bertz CT molecular complexity index is 863. The summed E-state index contributed by atoms with van der Waals surface area (Å²) in [5.74, 6) is -0.222. The number of carbonyl (C=O) groups excluding carboxylic acids is 1. The number of ether oxygens (including phenoxy) is 2. The highest BCUT2D eigenvalue weighted by atomic mass is 19.4. The van der Waals surface area contributed by atoms with Crippen molar-refractivity contribution < 1.29 is 27.4 Å². The first-order valence-electron chi connectivity index (χ1n) is 9.89. The van der Waals surface area contributed by atoms with Crippen molar-refractivity contribution in [1.29, 1.82) is 0 Å². The van der Waals surface area contributed by atoms with E-state index in [4.69, 9.17) is 4.74 Å². The SMILES string of the molecule is O=C1OC2(CCN(Cc3ccc(OC(F)(F)F)cc3)CC2)CN1Cc1ccccc1. The molecule has 0 N–H and O–H groups in total. The van der Waals surface area contributed by atoms with Gasteiger partial charge in [-0.3, -0.25) is 9.80 Å². The zero-order valence-corrected chi connectivity index (χ0v) is 16.4. The largest absolute Gasteiger partial charge is 0.573 e. The van der Waals surface area contributed by atoms with Gasteiger partial charge in [0.1, 0.15) is 11.4 Å². The number of hydrogen-bond donors (Lipinski definition) is 0. The average Bonchev–Trinajstić information content (AvgIpc) is 3.00. The Hall–Kier alpha value is -2.74. The van der Waals surface area contributed by atoms with Crippen LogP contribution in [-0.4, -0.2) is 47.5 Å². The van der Waals surface area contributed by atoms with Crippen LogP contribution in [0.3, 0.4) is 0 Å². The van der Waals surface area contributed by atoms with Crippen molar-refractivity contribution in [1.82, 2.24) is 9.80 Å². The van der Waals surface area contributed by atoms with E-state index in [1.54, 1.807) is 17.0 Å². The molecular formula is C22H23F3N2O3. The smallest absolute Gasteiger partial charge is 0.441 e. The number of rotatable bonds is 5. The Morgan fingerprint density at radius 2 is 1.57 bits per heavy atom. The van der Waals surface area contributed by atoms with Crippen LogP contribution < -0.4 is 4.74 Å². The van der Waals surface area contributed by atoms with E-state index in [1.807, 2.05) is 30.3 Å². The van der Waals surface area contributed by atoms with Crippen LogP contribution in [0.5, 0.6) is 5.75 Å². The van der Waals surface area contributed by atoms with E-state index in [0.717, 1.165) is 37.1 Å². The fourth-order valence-corrected chi connectivity index (χ4v) is 4.05. The summed E-state index contributed by atoms with van der Waals surface area (Å²) < 4.78 is 46.5. The zero-order chi connectivity index (χ0) is 21.2. The van der Waals surface area contributed by atoms with Gasteiger partial charge in [0.25, 0.3) is 0 Å². The van der Waals surface area contributed by atoms with Crippen molar-refractivity contribution in [3.8, 4) is 5.75 Å². The fraction of sp³-hybridized carbons (Fsp3) is 0.409. The van der Waals surface area contributed by atoms with Crippen LogP contribution in [0.15, 0.2) is 54.6 Å². The van der Waals surface area contributed by atoms with Gasteiger partial charge >= 0.3 is 12.5 Å². The third-order valence-electron chi connectivity index (χ3n) is 5.59. The van der Waals surface area contributed by atoms with Gasteiger partial charge in [-0.15, -0.1) is 13.2 Å². The van der Waals surface area contributed by atoms with Crippen molar-refractivity contribution in [3.05, 3.63) is 65.7 Å². The standard InChI is InChI=1S/C22H23F3N2O3/c23-22(24,25)29-19-8-6-18(7-9-19)14-26-12-10-21(11-13-26)16-27(20(28)30-21)15-17-4-2-1-3-5-17/h1-9H,10-16H2. The quantitative estimate of drug-likeness (QED) is 0.711. The molecule has 2 aliphatic heterocycles. The van der Waals surface area contributed by atoms with Gasteiger partial charge in [0.2, 0.25) is 0 Å². The first-order valence-corrected chi connectivity index (χ1v) is 9.89. The number of carbonyl (C=O) groups is 1. The van der Waals surface area contributed by atoms with Gasteiger partial charge in [0.15, 0.2) is 0 Å². The molecule has 5 nitrogen and oxygen atoms in total. The molecule has 0 aromatic heterocycles. The van der Waals surface area contributed by atoms with E-state index in [1.165, 1.54) is 12.1 Å². The van der Waals surface area contributed by atoms with Crippen molar-refractivity contribution in [2.75, 3.05) is 19.6 Å². The monoisotopic (exact) mass is 420 g/mol. The number of benzene rings is 2. The van der Waals surface area contributed by atoms with Gasteiger partial charge < -0.3 is 9.47 Å². The number of piperidine rings is 1. The van der Waals surface area contributed by atoms with Crippen molar-refractivity contribution >= 4 is 6.09 Å². The van der Waals surface area contributed by atoms with Gasteiger partial charge in [-0.1, -0.05) is 42.5 Å². The topological polar surface area (TPSA) is 42.0 Å². The minimum Gasteiger partial charge on any atom is -0.441 e. The van der Waals surface area contributed by atoms with Crippen molar-refractivity contribution in [2.45, 2.75) is 37.9 Å². The van der Waals surface area contributed by atoms with Crippen molar-refractivity contribution in [3.63, 3.8) is 0 Å². The molecule has 0 unspecified atom stereocenters. The van der Waals surface area contributed by atoms with Crippen LogP contribution >= 0.6 is 0 Å². The van der Waals surface area contributed by atoms with E-state index in [2.05, 4.69) is 9.64 Å². The molecule has 0 radical (unpaired) electrons. The van der Waals surface area contributed by atoms with E-state index >= 15 is 0 Å². The van der Waals surface area contributed by atoms with E-state index in [9.17, 15) is 18.0 Å². The van der Waals surface area contributed by atoms with Gasteiger partial charge in [0.05, 0.1) is 6.54 Å². The van der Waals surface area contributed by atoms with Gasteiger partial charge in [-0.25, -0.2) is 4.79 Å². The fourth-order valence-electron chi connectivity index (χ4n) is 4.05. The Labute approximate surface area is 173 Å². The normalized spacial score (nSPS) is 19.2. The molecule has 4 rings (SSSR count). The summed E-state index contributed by atoms with van der Waals surface area (Å²) in [7, 11) is 0. The van der Waals surface area contributed by atoms with Crippen LogP contribution in [0.2, 0.25) is 0 Å². The van der Waals surface area contributed by atoms with Gasteiger partial charge in [-0.05, 0) is 23.3 Å². The third kappa shape index (κ3) is 5.05. The molecule has 30 heavy (non-hydrogen) atoms. The molecule has 8 heteroatoms. The Morgan fingerprint density at radius 3 is 2.20 bits per heavy atom. The summed E-state index contributed by atoms with van der Waals surface area (Å²) in [6.07, 6.45) is -3.48. The number of amides is 1. The Kier molecular flexibility index (Phi) is 5.60. The molecule has 2 aromatic rings. The van der Waals surface area contributed by atoms with Gasteiger partial charge in [0, 0.05) is 39.0 Å². The number of nitrogens with zero attached hydrogens (tertiary/aromatic N) is 2. The van der Waals surface area contributed by atoms with Crippen LogP contribution in [0.25, 0.3) is 0 Å². The van der Waals surface area contributed by atoms with Crippen LogP contribution in [0, 0.1) is 0 Å². The summed E-state index contributed by atoms with van der Waals surface area (Å²) in [5.41, 5.74) is 1.53. The highest BCUT2D eigenvalue weighted by Gasteiger charge is 2.46. The number of halogens is 3. The highest BCUT2D eigenvalue weighted by Crippen LogP contribution is 2.34. The zero-order valence-electron chi connectivity index (χ0n) is 16.4. The van der Waals surface area contributed by atoms with E-state index < -0.39 is 12.0 Å². The predicted octanol–water partition coefficient (Wildman–Crippen LogP) is 4.57. The lowest BCUT2D eigenvalue weighted by Gasteiger charge is -2.37. The second-order valence-corrected chi connectivity index (χ2v) is 7.86. The lowest BCUT2D eigenvalue weighted by Crippen LogP contribution is -2.46. The second kappa shape index (κ2) is 8.18. The summed E-state index contributed by atoms with van der Waals surface area (Å²) >= 11 is 0. The molecule has 2 heterocycles. The number of hydrogen-bond acceptors (Lipinski definition) is 4. The number of alkyl halides is 3. The lowest BCUT2D eigenvalue weighted by molar-refractivity contribution is -0.274. The molecule has 0 bridgehead atoms. The molecule has 2 fully saturated rings. The van der Waals surface area contributed by atoms with E-state index in [0.29, 0.717) is 19.6 Å². The number of likely N-dealkylation sites (tertiary alicyclic amines) is 1. The molecule has 0 saturated carbocycles. The first-order chi connectivity index (χ1) is 14.3. The molecule has 0 aliphatic carbocycles. The average molecular weight is 420 g/mol. The summed E-state index contributed by atoms with van der Waals surface area (Å²) in [4.78, 5) is 16.3. The Morgan fingerprint density at radius 1 is 0.933 bits per heavy atom. The Balaban J connectivity index is 1.29. The van der Waals surface area contributed by atoms with Crippen LogP contribution in [0.4, 0.5) is 18.0 Å². The minimum atomic E-state index is -4.68. The van der Waals surface area contributed by atoms with E-state index in [-0.39, 0.29) is 11.8 Å². The van der Waals surface area contributed by atoms with Gasteiger partial charge in [-0.2, -0.15) is 0 Å². The molecular weight excluding hydrogens is 397 g/mol. The maximum absolute atomic E-state index is 12.4. The van der Waals surface area contributed by atoms with Crippen LogP contribution in [0.1, 0.15) is 24.0 Å². The summed E-state index contributed by atoms with van der Waals surface area (Å²) in [6, 6.07) is 15.8. The third-order valence-corrected chi connectivity index (χ3v) is 5.59. The molecule has 2 aliphatic rings. The van der Waals surface area contributed by atoms with Crippen molar-refractivity contribution in [2.24, 2.45) is 0 Å². The molecule has 0 atom stereocenters. The first kappa shape index (κ1) is 20.5. The molecule has 2 aromatic carbocycles.